The first kappa shape index (κ1) is 19.1. The van der Waals surface area contributed by atoms with E-state index in [0.717, 1.165) is 30.0 Å². The van der Waals surface area contributed by atoms with Gasteiger partial charge in [-0.15, -0.1) is 11.8 Å². The Balaban J connectivity index is 1.66. The molecule has 0 saturated carbocycles. The Morgan fingerprint density at radius 2 is 2.00 bits per heavy atom. The molecule has 0 bridgehead atoms. The molecule has 0 unspecified atom stereocenters. The molecule has 3 aromatic rings. The molecule has 28 heavy (non-hydrogen) atoms. The fourth-order valence-electron chi connectivity index (χ4n) is 3.94. The number of hydrogen-bond donors (Lipinski definition) is 0. The molecule has 0 N–H and O–H groups in total. The van der Waals surface area contributed by atoms with E-state index in [1.165, 1.54) is 10.4 Å². The lowest BCUT2D eigenvalue weighted by atomic mass is 10.1. The highest BCUT2D eigenvalue weighted by Crippen LogP contribution is 2.34. The number of benzene rings is 2. The van der Waals surface area contributed by atoms with E-state index in [1.807, 2.05) is 23.1 Å². The molecule has 5 heteroatoms. The van der Waals surface area contributed by atoms with Crippen LogP contribution in [0.3, 0.4) is 0 Å². The molecule has 0 spiro atoms. The molecular formula is C23H27N3OS. The fraction of sp³-hybridized carbons (Fsp3) is 0.391. The highest BCUT2D eigenvalue weighted by molar-refractivity contribution is 7.98. The van der Waals surface area contributed by atoms with Gasteiger partial charge in [0, 0.05) is 36.0 Å². The third-order valence-electron chi connectivity index (χ3n) is 5.47. The Kier molecular flexibility index (Phi) is 5.44. The molecule has 1 aliphatic heterocycles. The maximum absolute atomic E-state index is 12.8. The number of imidazole rings is 1. The van der Waals surface area contributed by atoms with Gasteiger partial charge < -0.3 is 9.47 Å². The zero-order valence-electron chi connectivity index (χ0n) is 16.8. The van der Waals surface area contributed by atoms with Crippen LogP contribution in [0.4, 0.5) is 5.69 Å². The summed E-state index contributed by atoms with van der Waals surface area (Å²) >= 11 is 1.70. The lowest BCUT2D eigenvalue weighted by Crippen LogP contribution is -2.24. The van der Waals surface area contributed by atoms with Gasteiger partial charge in [0.1, 0.15) is 5.82 Å². The predicted octanol–water partition coefficient (Wildman–Crippen LogP) is 5.32. The number of anilines is 1. The number of nitrogens with zero attached hydrogens (tertiary/aromatic N) is 3. The Hall–Kier alpha value is -2.27. The van der Waals surface area contributed by atoms with Gasteiger partial charge in [-0.25, -0.2) is 4.98 Å². The summed E-state index contributed by atoms with van der Waals surface area (Å²) in [5.41, 5.74) is 3.19. The Morgan fingerprint density at radius 1 is 1.18 bits per heavy atom. The standard InChI is InChI=1S/C23H27N3OS/c1-16(2)11-12-25-21-10-5-4-9-20(21)24-23(25)17-13-22(27)26(15-17)18-7-6-8-19(14-18)28-3/h4-10,14,16-17H,11-13,15H2,1-3H3/t17-/m1/s1. The first-order chi connectivity index (χ1) is 13.6. The van der Waals surface area contributed by atoms with Crippen molar-refractivity contribution in [3.05, 3.63) is 54.4 Å². The molecule has 4 rings (SSSR count). The Bertz CT molecular complexity index is 994. The van der Waals surface area contributed by atoms with E-state index in [-0.39, 0.29) is 11.8 Å². The van der Waals surface area contributed by atoms with E-state index in [2.05, 4.69) is 55.0 Å². The van der Waals surface area contributed by atoms with E-state index < -0.39 is 0 Å². The average molecular weight is 394 g/mol. The fourth-order valence-corrected chi connectivity index (χ4v) is 4.39. The Labute approximate surface area is 170 Å². The van der Waals surface area contributed by atoms with Crippen molar-refractivity contribution < 1.29 is 4.79 Å². The van der Waals surface area contributed by atoms with Crippen molar-refractivity contribution in [3.8, 4) is 0 Å². The second kappa shape index (κ2) is 8.00. The van der Waals surface area contributed by atoms with Crippen molar-refractivity contribution in [1.29, 1.82) is 0 Å². The number of amides is 1. The lowest BCUT2D eigenvalue weighted by molar-refractivity contribution is -0.117. The van der Waals surface area contributed by atoms with Gasteiger partial charge >= 0.3 is 0 Å². The summed E-state index contributed by atoms with van der Waals surface area (Å²) in [6.45, 7) is 6.14. The first-order valence-electron chi connectivity index (χ1n) is 9.96. The van der Waals surface area contributed by atoms with E-state index in [9.17, 15) is 4.79 Å². The zero-order chi connectivity index (χ0) is 19.7. The van der Waals surface area contributed by atoms with Gasteiger partial charge in [0.05, 0.1) is 11.0 Å². The average Bonchev–Trinajstić information content (AvgIpc) is 3.26. The number of para-hydroxylation sites is 2. The van der Waals surface area contributed by atoms with Crippen LogP contribution in [0.15, 0.2) is 53.4 Å². The van der Waals surface area contributed by atoms with Crippen molar-refractivity contribution in [2.75, 3.05) is 17.7 Å². The van der Waals surface area contributed by atoms with Crippen LogP contribution in [0.2, 0.25) is 0 Å². The van der Waals surface area contributed by atoms with E-state index >= 15 is 0 Å². The van der Waals surface area contributed by atoms with Gasteiger partial charge in [0.25, 0.3) is 0 Å². The van der Waals surface area contributed by atoms with Crippen LogP contribution in [0.1, 0.15) is 38.4 Å². The van der Waals surface area contributed by atoms with Gasteiger partial charge in [-0.05, 0) is 48.9 Å². The molecule has 146 valence electrons. The molecule has 1 aromatic heterocycles. The SMILES string of the molecule is CSc1cccc(N2C[C@H](c3nc4ccccc4n3CCC(C)C)CC2=O)c1. The van der Waals surface area contributed by atoms with E-state index in [4.69, 9.17) is 4.98 Å². The summed E-state index contributed by atoms with van der Waals surface area (Å²) in [6.07, 6.45) is 3.69. The molecule has 2 heterocycles. The minimum absolute atomic E-state index is 0.130. The highest BCUT2D eigenvalue weighted by atomic mass is 32.2. The quantitative estimate of drug-likeness (QED) is 0.532. The third-order valence-corrected chi connectivity index (χ3v) is 6.19. The van der Waals surface area contributed by atoms with Crippen LogP contribution in [0, 0.1) is 5.92 Å². The summed E-state index contributed by atoms with van der Waals surface area (Å²) in [5, 5.41) is 0. The molecule has 1 saturated heterocycles. The summed E-state index contributed by atoms with van der Waals surface area (Å²) in [7, 11) is 0. The summed E-state index contributed by atoms with van der Waals surface area (Å²) in [6, 6.07) is 16.6. The van der Waals surface area contributed by atoms with E-state index in [1.54, 1.807) is 11.8 Å². The summed E-state index contributed by atoms with van der Waals surface area (Å²) in [5.74, 6) is 2.00. The highest BCUT2D eigenvalue weighted by Gasteiger charge is 2.34. The van der Waals surface area contributed by atoms with Gasteiger partial charge in [-0.1, -0.05) is 32.0 Å². The van der Waals surface area contributed by atoms with Crippen LogP contribution in [-0.4, -0.2) is 28.3 Å². The molecular weight excluding hydrogens is 366 g/mol. The van der Waals surface area contributed by atoms with Crippen LogP contribution >= 0.6 is 11.8 Å². The Morgan fingerprint density at radius 3 is 2.79 bits per heavy atom. The molecule has 0 radical (unpaired) electrons. The molecule has 1 amide bonds. The largest absolute Gasteiger partial charge is 0.328 e. The van der Waals surface area contributed by atoms with Gasteiger partial charge in [-0.2, -0.15) is 0 Å². The van der Waals surface area contributed by atoms with Crippen molar-refractivity contribution in [1.82, 2.24) is 9.55 Å². The number of hydrogen-bond acceptors (Lipinski definition) is 3. The maximum atomic E-state index is 12.8. The van der Waals surface area contributed by atoms with Crippen molar-refractivity contribution in [2.45, 2.75) is 44.0 Å². The number of aromatic nitrogens is 2. The van der Waals surface area contributed by atoms with Crippen molar-refractivity contribution in [2.24, 2.45) is 5.92 Å². The number of carbonyl (C=O) groups excluding carboxylic acids is 1. The predicted molar refractivity (Wildman–Crippen MR) is 117 cm³/mol. The normalized spacial score (nSPS) is 17.2. The van der Waals surface area contributed by atoms with Crippen molar-refractivity contribution in [3.63, 3.8) is 0 Å². The number of aryl methyl sites for hydroxylation is 1. The second-order valence-electron chi connectivity index (χ2n) is 7.90. The molecule has 4 nitrogen and oxygen atoms in total. The van der Waals surface area contributed by atoms with Crippen LogP contribution in [0.25, 0.3) is 11.0 Å². The first-order valence-corrected chi connectivity index (χ1v) is 11.2. The molecule has 1 atom stereocenters. The molecule has 1 fully saturated rings. The third kappa shape index (κ3) is 3.68. The van der Waals surface area contributed by atoms with E-state index in [0.29, 0.717) is 18.9 Å². The van der Waals surface area contributed by atoms with Crippen LogP contribution < -0.4 is 4.90 Å². The lowest BCUT2D eigenvalue weighted by Gasteiger charge is -2.18. The van der Waals surface area contributed by atoms with Crippen LogP contribution in [-0.2, 0) is 11.3 Å². The summed E-state index contributed by atoms with van der Waals surface area (Å²) < 4.78 is 2.34. The number of thioether (sulfide) groups is 1. The molecule has 1 aliphatic rings. The smallest absolute Gasteiger partial charge is 0.227 e. The minimum atomic E-state index is 0.130. The van der Waals surface area contributed by atoms with Gasteiger partial charge in [-0.3, -0.25) is 4.79 Å². The number of rotatable bonds is 6. The maximum Gasteiger partial charge on any atom is 0.227 e. The van der Waals surface area contributed by atoms with Crippen LogP contribution in [0.5, 0.6) is 0 Å². The number of fused-ring (bicyclic) bond motifs is 1. The summed E-state index contributed by atoms with van der Waals surface area (Å²) in [4.78, 5) is 20.9. The molecule has 0 aliphatic carbocycles. The van der Waals surface area contributed by atoms with Gasteiger partial charge in [0.2, 0.25) is 5.91 Å². The monoisotopic (exact) mass is 393 g/mol. The van der Waals surface area contributed by atoms with Gasteiger partial charge in [0.15, 0.2) is 0 Å². The zero-order valence-corrected chi connectivity index (χ0v) is 17.6. The molecule has 2 aromatic carbocycles. The minimum Gasteiger partial charge on any atom is -0.328 e. The topological polar surface area (TPSA) is 38.1 Å². The number of carbonyl (C=O) groups is 1. The second-order valence-corrected chi connectivity index (χ2v) is 8.78. The van der Waals surface area contributed by atoms with Crippen molar-refractivity contribution >= 4 is 34.4 Å².